The molecule has 1 unspecified atom stereocenters. The zero-order valence-electron chi connectivity index (χ0n) is 13.4. The van der Waals surface area contributed by atoms with Gasteiger partial charge in [0.25, 0.3) is 0 Å². The Labute approximate surface area is 136 Å². The van der Waals surface area contributed by atoms with Crippen molar-refractivity contribution in [2.45, 2.75) is 38.1 Å². The monoisotopic (exact) mass is 307 g/mol. The number of carbonyl (C=O) groups is 2. The van der Waals surface area contributed by atoms with Crippen LogP contribution in [-0.2, 0) is 15.1 Å². The molecular formula is C20H21NO2. The third-order valence-corrected chi connectivity index (χ3v) is 4.56. The molecule has 3 rings (SSSR count). The predicted octanol–water partition coefficient (Wildman–Crippen LogP) is 4.08. The van der Waals surface area contributed by atoms with Crippen LogP contribution in [0.5, 0.6) is 0 Å². The molecule has 0 aliphatic carbocycles. The van der Waals surface area contributed by atoms with Gasteiger partial charge in [-0.2, -0.15) is 0 Å². The number of amides is 1. The quantitative estimate of drug-likeness (QED) is 0.781. The van der Waals surface area contributed by atoms with Crippen molar-refractivity contribution < 1.29 is 9.59 Å². The van der Waals surface area contributed by atoms with Gasteiger partial charge in [-0.05, 0) is 24.1 Å². The minimum Gasteiger partial charge on any atom is -0.296 e. The number of anilines is 1. The van der Waals surface area contributed by atoms with Gasteiger partial charge in [-0.3, -0.25) is 14.5 Å². The lowest BCUT2D eigenvalue weighted by atomic mass is 9.81. The van der Waals surface area contributed by atoms with Crippen molar-refractivity contribution in [3.8, 4) is 0 Å². The zero-order valence-corrected chi connectivity index (χ0v) is 13.4. The lowest BCUT2D eigenvalue weighted by Gasteiger charge is -2.37. The van der Waals surface area contributed by atoms with Crippen LogP contribution in [0, 0.1) is 0 Å². The lowest BCUT2D eigenvalue weighted by molar-refractivity contribution is -0.123. The van der Waals surface area contributed by atoms with Gasteiger partial charge in [0, 0.05) is 5.69 Å². The van der Waals surface area contributed by atoms with E-state index in [1.54, 1.807) is 4.90 Å². The van der Waals surface area contributed by atoms with Crippen molar-refractivity contribution in [1.82, 2.24) is 0 Å². The maximum absolute atomic E-state index is 12.9. The summed E-state index contributed by atoms with van der Waals surface area (Å²) in [5.41, 5.74) is 0.840. The Bertz CT molecular complexity index is 696. The fourth-order valence-corrected chi connectivity index (χ4v) is 3.47. The third kappa shape index (κ3) is 2.56. The van der Waals surface area contributed by atoms with E-state index in [1.807, 2.05) is 60.7 Å². The van der Waals surface area contributed by atoms with Crippen molar-refractivity contribution in [2.24, 2.45) is 0 Å². The number of carbonyl (C=O) groups excluding carboxylic acids is 2. The average molecular weight is 307 g/mol. The average Bonchev–Trinajstić information content (AvgIpc) is 2.85. The summed E-state index contributed by atoms with van der Waals surface area (Å²) in [5, 5.41) is 0. The second kappa shape index (κ2) is 6.37. The number of ketones is 1. The number of para-hydroxylation sites is 1. The van der Waals surface area contributed by atoms with Gasteiger partial charge in [0.2, 0.25) is 5.91 Å². The smallest absolute Gasteiger partial charge is 0.235 e. The zero-order chi connectivity index (χ0) is 16.3. The maximum Gasteiger partial charge on any atom is 0.235 e. The molecule has 0 radical (unpaired) electrons. The van der Waals surface area contributed by atoms with E-state index < -0.39 is 5.54 Å². The van der Waals surface area contributed by atoms with Crippen molar-refractivity contribution in [3.05, 3.63) is 66.2 Å². The summed E-state index contributed by atoms with van der Waals surface area (Å²) in [6.07, 6.45) is 2.52. The molecule has 1 aliphatic heterocycles. The molecule has 0 aromatic heterocycles. The minimum atomic E-state index is -0.865. The summed E-state index contributed by atoms with van der Waals surface area (Å²) < 4.78 is 0. The second-order valence-corrected chi connectivity index (χ2v) is 5.99. The van der Waals surface area contributed by atoms with Crippen molar-refractivity contribution in [2.75, 3.05) is 4.90 Å². The van der Waals surface area contributed by atoms with Crippen LogP contribution in [-0.4, -0.2) is 11.7 Å². The van der Waals surface area contributed by atoms with Gasteiger partial charge in [-0.1, -0.05) is 68.3 Å². The predicted molar refractivity (Wildman–Crippen MR) is 91.2 cm³/mol. The Hall–Kier alpha value is -2.42. The standard InChI is InChI=1S/C20H21NO2/c1-2-3-14-20(16-10-6-4-7-11-16)18(22)15-19(23)21(20)17-12-8-5-9-13-17/h4-13H,2-3,14-15H2,1H3. The highest BCUT2D eigenvalue weighted by molar-refractivity contribution is 6.19. The number of Topliss-reactive ketones (excluding diaryl/α,β-unsaturated/α-hetero) is 1. The highest BCUT2D eigenvalue weighted by Crippen LogP contribution is 2.43. The Morgan fingerprint density at radius 1 is 0.957 bits per heavy atom. The van der Waals surface area contributed by atoms with E-state index in [1.165, 1.54) is 0 Å². The fraction of sp³-hybridized carbons (Fsp3) is 0.300. The molecule has 1 atom stereocenters. The molecule has 3 nitrogen and oxygen atoms in total. The summed E-state index contributed by atoms with van der Waals surface area (Å²) >= 11 is 0. The van der Waals surface area contributed by atoms with Crippen LogP contribution in [0.25, 0.3) is 0 Å². The van der Waals surface area contributed by atoms with Crippen LogP contribution in [0.1, 0.15) is 38.2 Å². The molecule has 0 N–H and O–H groups in total. The summed E-state index contributed by atoms with van der Waals surface area (Å²) in [6, 6.07) is 19.3. The van der Waals surface area contributed by atoms with E-state index in [2.05, 4.69) is 6.92 Å². The van der Waals surface area contributed by atoms with Gasteiger partial charge in [0.15, 0.2) is 5.78 Å². The second-order valence-electron chi connectivity index (χ2n) is 5.99. The molecule has 1 heterocycles. The highest BCUT2D eigenvalue weighted by atomic mass is 16.2. The van der Waals surface area contributed by atoms with E-state index in [0.717, 1.165) is 24.1 Å². The van der Waals surface area contributed by atoms with Crippen molar-refractivity contribution >= 4 is 17.4 Å². The molecule has 2 aromatic rings. The largest absolute Gasteiger partial charge is 0.296 e. The molecule has 0 saturated carbocycles. The molecule has 1 fully saturated rings. The molecule has 0 spiro atoms. The first-order valence-electron chi connectivity index (χ1n) is 8.17. The van der Waals surface area contributed by atoms with Gasteiger partial charge < -0.3 is 0 Å². The van der Waals surface area contributed by atoms with Gasteiger partial charge in [-0.25, -0.2) is 0 Å². The van der Waals surface area contributed by atoms with Crippen molar-refractivity contribution in [1.29, 1.82) is 0 Å². The Kier molecular flexibility index (Phi) is 4.28. The molecule has 23 heavy (non-hydrogen) atoms. The van der Waals surface area contributed by atoms with Crippen molar-refractivity contribution in [3.63, 3.8) is 0 Å². The molecule has 2 aromatic carbocycles. The summed E-state index contributed by atoms with van der Waals surface area (Å²) in [5.74, 6) is -0.104. The van der Waals surface area contributed by atoms with Crippen LogP contribution in [0.2, 0.25) is 0 Å². The first kappa shape index (κ1) is 15.5. The Morgan fingerprint density at radius 2 is 1.57 bits per heavy atom. The number of hydrogen-bond donors (Lipinski definition) is 0. The van der Waals surface area contributed by atoms with Crippen LogP contribution >= 0.6 is 0 Å². The van der Waals surface area contributed by atoms with E-state index >= 15 is 0 Å². The molecular weight excluding hydrogens is 286 g/mol. The van der Waals surface area contributed by atoms with E-state index in [0.29, 0.717) is 6.42 Å². The van der Waals surface area contributed by atoms with Gasteiger partial charge in [-0.15, -0.1) is 0 Å². The molecule has 0 bridgehead atoms. The number of unbranched alkanes of at least 4 members (excludes halogenated alkanes) is 1. The lowest BCUT2D eigenvalue weighted by Crippen LogP contribution is -2.47. The molecule has 1 amide bonds. The van der Waals surface area contributed by atoms with Gasteiger partial charge in [0.05, 0.1) is 6.42 Å². The normalized spacial score (nSPS) is 21.0. The topological polar surface area (TPSA) is 37.4 Å². The van der Waals surface area contributed by atoms with Crippen LogP contribution in [0.3, 0.4) is 0 Å². The van der Waals surface area contributed by atoms with Crippen LogP contribution in [0.15, 0.2) is 60.7 Å². The summed E-state index contributed by atoms with van der Waals surface area (Å²) in [6.45, 7) is 2.10. The third-order valence-electron chi connectivity index (χ3n) is 4.56. The molecule has 118 valence electrons. The first-order valence-corrected chi connectivity index (χ1v) is 8.17. The van der Waals surface area contributed by atoms with E-state index in [-0.39, 0.29) is 18.1 Å². The summed E-state index contributed by atoms with van der Waals surface area (Å²) in [4.78, 5) is 27.3. The Balaban J connectivity index is 2.17. The van der Waals surface area contributed by atoms with Crippen LogP contribution < -0.4 is 4.90 Å². The van der Waals surface area contributed by atoms with E-state index in [4.69, 9.17) is 0 Å². The van der Waals surface area contributed by atoms with E-state index in [9.17, 15) is 9.59 Å². The number of hydrogen-bond acceptors (Lipinski definition) is 2. The first-order chi connectivity index (χ1) is 11.2. The molecule has 1 aliphatic rings. The Morgan fingerprint density at radius 3 is 2.17 bits per heavy atom. The fourth-order valence-electron chi connectivity index (χ4n) is 3.47. The summed E-state index contributed by atoms with van der Waals surface area (Å²) in [7, 11) is 0. The maximum atomic E-state index is 12.9. The number of nitrogens with zero attached hydrogens (tertiary/aromatic N) is 1. The minimum absolute atomic E-state index is 0.00556. The highest BCUT2D eigenvalue weighted by Gasteiger charge is 2.53. The number of rotatable bonds is 5. The van der Waals surface area contributed by atoms with Gasteiger partial charge in [0.1, 0.15) is 5.54 Å². The SMILES string of the molecule is CCCCC1(c2ccccc2)C(=O)CC(=O)N1c1ccccc1. The van der Waals surface area contributed by atoms with Gasteiger partial charge >= 0.3 is 0 Å². The van der Waals surface area contributed by atoms with Crippen LogP contribution in [0.4, 0.5) is 5.69 Å². The molecule has 3 heteroatoms. The number of benzene rings is 2. The molecule has 1 saturated heterocycles.